The van der Waals surface area contributed by atoms with Crippen LogP contribution in [0.3, 0.4) is 0 Å². The van der Waals surface area contributed by atoms with Gasteiger partial charge in [0.2, 0.25) is 0 Å². The lowest BCUT2D eigenvalue weighted by atomic mass is 9.97. The number of rotatable bonds is 4. The van der Waals surface area contributed by atoms with Crippen LogP contribution in [-0.2, 0) is 0 Å². The van der Waals surface area contributed by atoms with Gasteiger partial charge in [0.25, 0.3) is 5.78 Å². The highest BCUT2D eigenvalue weighted by Gasteiger charge is 2.29. The Hall–Kier alpha value is -2.55. The second-order valence-corrected chi connectivity index (χ2v) is 6.98. The lowest BCUT2D eigenvalue weighted by molar-refractivity contribution is 0.306. The fourth-order valence-electron chi connectivity index (χ4n) is 3.52. The monoisotopic (exact) mass is 411 g/mol. The summed E-state index contributed by atoms with van der Waals surface area (Å²) in [5.74, 6) is -1.05. The highest BCUT2D eigenvalue weighted by Crippen LogP contribution is 2.41. The molecule has 10 heteroatoms. The molecule has 1 aliphatic heterocycles. The molecule has 6 nitrogen and oxygen atoms in total. The van der Waals surface area contributed by atoms with Crippen molar-refractivity contribution in [2.45, 2.75) is 12.8 Å². The van der Waals surface area contributed by atoms with Gasteiger partial charge in [0.15, 0.2) is 0 Å². The maximum atomic E-state index is 14.8. The van der Waals surface area contributed by atoms with E-state index >= 15 is 0 Å². The lowest BCUT2D eigenvalue weighted by Gasteiger charge is -2.33. The summed E-state index contributed by atoms with van der Waals surface area (Å²) >= 11 is 6.35. The van der Waals surface area contributed by atoms with Crippen molar-refractivity contribution in [3.8, 4) is 16.9 Å². The number of piperidine rings is 1. The predicted octanol–water partition coefficient (Wildman–Crippen LogP) is 3.92. The Morgan fingerprint density at radius 3 is 2.46 bits per heavy atom. The third-order valence-electron chi connectivity index (χ3n) is 4.99. The topological polar surface area (TPSA) is 55.6 Å². The number of aromatic nitrogens is 4. The number of benzene rings is 1. The molecular formula is C18H17ClF3N5O. The predicted molar refractivity (Wildman–Crippen MR) is 98.6 cm³/mol. The summed E-state index contributed by atoms with van der Waals surface area (Å²) in [7, 11) is 1.32. The van der Waals surface area contributed by atoms with E-state index in [2.05, 4.69) is 15.1 Å². The number of methoxy groups -OCH3 is 1. The molecule has 0 aliphatic carbocycles. The number of fused-ring (bicyclic) bond motifs is 1. The van der Waals surface area contributed by atoms with Crippen LogP contribution < -0.4 is 9.64 Å². The van der Waals surface area contributed by atoms with Gasteiger partial charge in [0.05, 0.1) is 24.9 Å². The molecule has 1 aromatic carbocycles. The zero-order chi connectivity index (χ0) is 19.8. The molecule has 1 fully saturated rings. The van der Waals surface area contributed by atoms with Crippen LogP contribution in [0.2, 0.25) is 5.15 Å². The number of halogens is 4. The smallest absolute Gasteiger partial charge is 0.255 e. The highest BCUT2D eigenvalue weighted by atomic mass is 35.5. The minimum atomic E-state index is -0.833. The minimum absolute atomic E-state index is 0.0299. The minimum Gasteiger partial charge on any atom is -0.497 e. The van der Waals surface area contributed by atoms with Gasteiger partial charge in [-0.2, -0.15) is 19.6 Å². The van der Waals surface area contributed by atoms with Crippen LogP contribution in [-0.4, -0.2) is 46.5 Å². The molecule has 2 aromatic heterocycles. The van der Waals surface area contributed by atoms with Gasteiger partial charge in [-0.1, -0.05) is 11.6 Å². The first-order chi connectivity index (χ1) is 13.5. The van der Waals surface area contributed by atoms with E-state index < -0.39 is 18.3 Å². The normalized spacial score (nSPS) is 15.4. The largest absolute Gasteiger partial charge is 0.497 e. The second kappa shape index (κ2) is 7.46. The summed E-state index contributed by atoms with van der Waals surface area (Å²) < 4.78 is 49.0. The summed E-state index contributed by atoms with van der Waals surface area (Å²) in [4.78, 5) is 10.1. The number of nitrogens with zero attached hydrogens (tertiary/aromatic N) is 5. The molecule has 0 amide bonds. The van der Waals surface area contributed by atoms with Gasteiger partial charge in [-0.15, -0.1) is 0 Å². The van der Waals surface area contributed by atoms with Gasteiger partial charge in [-0.25, -0.2) is 8.78 Å². The van der Waals surface area contributed by atoms with Crippen molar-refractivity contribution in [2.75, 3.05) is 31.8 Å². The molecule has 0 bridgehead atoms. The number of anilines is 1. The van der Waals surface area contributed by atoms with E-state index in [1.165, 1.54) is 18.0 Å². The lowest BCUT2D eigenvalue weighted by Crippen LogP contribution is -2.36. The van der Waals surface area contributed by atoms with E-state index in [9.17, 15) is 13.2 Å². The average molecular weight is 412 g/mol. The Balaban J connectivity index is 1.93. The zero-order valence-corrected chi connectivity index (χ0v) is 15.8. The summed E-state index contributed by atoms with van der Waals surface area (Å²) in [6.07, 6.45) is 2.51. The summed E-state index contributed by atoms with van der Waals surface area (Å²) in [6, 6.07) is 2.17. The van der Waals surface area contributed by atoms with Crippen molar-refractivity contribution in [2.24, 2.45) is 5.92 Å². The van der Waals surface area contributed by atoms with Crippen molar-refractivity contribution in [1.82, 2.24) is 19.6 Å². The van der Waals surface area contributed by atoms with Gasteiger partial charge in [-0.3, -0.25) is 4.39 Å². The zero-order valence-electron chi connectivity index (χ0n) is 15.0. The Morgan fingerprint density at radius 1 is 1.18 bits per heavy atom. The fraction of sp³-hybridized carbons (Fsp3) is 0.389. The van der Waals surface area contributed by atoms with Crippen LogP contribution in [0.25, 0.3) is 16.9 Å². The van der Waals surface area contributed by atoms with Crippen LogP contribution in [0, 0.1) is 17.6 Å². The SMILES string of the molecule is COc1cc(F)c(-c2c(Cl)nc3ncnn3c2N2CCC(CF)CC2)c(F)c1. The van der Waals surface area contributed by atoms with Crippen molar-refractivity contribution in [1.29, 1.82) is 0 Å². The van der Waals surface area contributed by atoms with Gasteiger partial charge in [-0.05, 0) is 18.8 Å². The molecular weight excluding hydrogens is 395 g/mol. The maximum absolute atomic E-state index is 14.8. The quantitative estimate of drug-likeness (QED) is 0.609. The van der Waals surface area contributed by atoms with Crippen molar-refractivity contribution in [3.05, 3.63) is 35.2 Å². The molecule has 1 saturated heterocycles. The Labute approximate surface area is 163 Å². The molecule has 0 atom stereocenters. The molecule has 1 aliphatic rings. The molecule has 3 heterocycles. The van der Waals surface area contributed by atoms with Gasteiger partial charge in [0, 0.05) is 25.2 Å². The van der Waals surface area contributed by atoms with Crippen molar-refractivity contribution >= 4 is 23.2 Å². The van der Waals surface area contributed by atoms with Crippen molar-refractivity contribution in [3.63, 3.8) is 0 Å². The summed E-state index contributed by atoms with van der Waals surface area (Å²) in [5, 5.41) is 4.06. The maximum Gasteiger partial charge on any atom is 0.255 e. The molecule has 4 rings (SSSR count). The molecule has 148 valence electrons. The third kappa shape index (κ3) is 3.13. The van der Waals surface area contributed by atoms with Crippen molar-refractivity contribution < 1.29 is 17.9 Å². The van der Waals surface area contributed by atoms with Crippen LogP contribution in [0.5, 0.6) is 5.75 Å². The number of alkyl halides is 1. The van der Waals surface area contributed by atoms with Gasteiger partial charge in [0.1, 0.15) is 34.7 Å². The molecule has 0 N–H and O–H groups in total. The van der Waals surface area contributed by atoms with Gasteiger partial charge < -0.3 is 9.64 Å². The van der Waals surface area contributed by atoms with Crippen LogP contribution in [0.4, 0.5) is 19.0 Å². The van der Waals surface area contributed by atoms with Crippen LogP contribution in [0.1, 0.15) is 12.8 Å². The first kappa shape index (κ1) is 18.8. The summed E-state index contributed by atoms with van der Waals surface area (Å²) in [5.41, 5.74) is -0.241. The molecule has 3 aromatic rings. The molecule has 0 unspecified atom stereocenters. The van der Waals surface area contributed by atoms with E-state index in [1.54, 1.807) is 0 Å². The van der Waals surface area contributed by atoms with E-state index in [-0.39, 0.29) is 33.7 Å². The first-order valence-corrected chi connectivity index (χ1v) is 9.14. The van der Waals surface area contributed by atoms with E-state index in [4.69, 9.17) is 16.3 Å². The Morgan fingerprint density at radius 2 is 1.86 bits per heavy atom. The second-order valence-electron chi connectivity index (χ2n) is 6.62. The molecule has 0 spiro atoms. The molecule has 28 heavy (non-hydrogen) atoms. The summed E-state index contributed by atoms with van der Waals surface area (Å²) in [6.45, 7) is 0.602. The van der Waals surface area contributed by atoms with Gasteiger partial charge >= 0.3 is 0 Å². The first-order valence-electron chi connectivity index (χ1n) is 8.77. The van der Waals surface area contributed by atoms with E-state index in [0.717, 1.165) is 12.1 Å². The third-order valence-corrected chi connectivity index (χ3v) is 5.27. The molecule has 0 saturated carbocycles. The van der Waals surface area contributed by atoms with Crippen LogP contribution in [0.15, 0.2) is 18.5 Å². The number of ether oxygens (including phenoxy) is 1. The number of hydrogen-bond donors (Lipinski definition) is 0. The Kier molecular flexibility index (Phi) is 5.01. The molecule has 0 radical (unpaired) electrons. The van der Waals surface area contributed by atoms with E-state index in [0.29, 0.717) is 31.7 Å². The van der Waals surface area contributed by atoms with E-state index in [1.807, 2.05) is 4.90 Å². The standard InChI is InChI=1S/C18H17ClF3N5O/c1-28-11-6-12(21)14(13(22)7-11)15-16(19)25-18-23-9-24-27(18)17(15)26-4-2-10(8-20)3-5-26/h6-7,9-10H,2-5,8H2,1H3. The highest BCUT2D eigenvalue weighted by molar-refractivity contribution is 6.33. The number of hydrogen-bond acceptors (Lipinski definition) is 5. The van der Waals surface area contributed by atoms with Crippen LogP contribution >= 0.6 is 11.6 Å². The fourth-order valence-corrected chi connectivity index (χ4v) is 3.77. The average Bonchev–Trinajstić information content (AvgIpc) is 3.15. The Bertz CT molecular complexity index is 997.